The van der Waals surface area contributed by atoms with E-state index in [9.17, 15) is 4.79 Å². The molecule has 0 unspecified atom stereocenters. The van der Waals surface area contributed by atoms with Gasteiger partial charge >= 0.3 is 0 Å². The van der Waals surface area contributed by atoms with Gasteiger partial charge in [-0.25, -0.2) is 0 Å². The minimum atomic E-state index is -0.0956. The molecule has 1 aromatic carbocycles. The highest BCUT2D eigenvalue weighted by atomic mass is 32.1. The van der Waals surface area contributed by atoms with Crippen LogP contribution in [0.25, 0.3) is 11.1 Å². The Labute approximate surface area is 163 Å². The molecule has 0 atom stereocenters. The van der Waals surface area contributed by atoms with Crippen LogP contribution in [0.4, 0.5) is 17.1 Å². The quantitative estimate of drug-likeness (QED) is 0.349. The van der Waals surface area contributed by atoms with Crippen molar-refractivity contribution in [3.8, 4) is 11.1 Å². The van der Waals surface area contributed by atoms with Crippen LogP contribution in [0, 0.1) is 0 Å². The maximum Gasteiger partial charge on any atom is 0.197 e. The number of aliphatic hydroxyl groups is 1. The molecule has 1 aliphatic rings. The number of thiophene rings is 1. The van der Waals surface area contributed by atoms with E-state index in [0.717, 1.165) is 41.3 Å². The van der Waals surface area contributed by atoms with Crippen LogP contribution in [-0.2, 0) is 4.74 Å². The first-order valence-electron chi connectivity index (χ1n) is 8.96. The largest absolute Gasteiger partial charge is 0.394 e. The van der Waals surface area contributed by atoms with Crippen molar-refractivity contribution < 1.29 is 14.6 Å². The van der Waals surface area contributed by atoms with Gasteiger partial charge in [-0.2, -0.15) is 0 Å². The van der Waals surface area contributed by atoms with Crippen molar-refractivity contribution in [2.75, 3.05) is 62.0 Å². The second-order valence-corrected chi connectivity index (χ2v) is 7.14. The monoisotopic (exact) mass is 387 g/mol. The van der Waals surface area contributed by atoms with Crippen LogP contribution in [0.3, 0.4) is 0 Å². The Hall–Kier alpha value is -2.35. The van der Waals surface area contributed by atoms with Gasteiger partial charge in [0.15, 0.2) is 5.78 Å². The Kier molecular flexibility index (Phi) is 6.49. The number of aliphatic hydroxyl groups excluding tert-OH is 1. The molecular formula is C20H25N3O3S. The van der Waals surface area contributed by atoms with Gasteiger partial charge in [0, 0.05) is 37.6 Å². The molecule has 0 bridgehead atoms. The minimum absolute atomic E-state index is 0.000575. The smallest absolute Gasteiger partial charge is 0.197 e. The van der Waals surface area contributed by atoms with Crippen LogP contribution in [0.1, 0.15) is 9.67 Å². The summed E-state index contributed by atoms with van der Waals surface area (Å²) < 4.78 is 5.31. The van der Waals surface area contributed by atoms with Gasteiger partial charge in [0.25, 0.3) is 0 Å². The van der Waals surface area contributed by atoms with Gasteiger partial charge in [-0.15, -0.1) is 11.3 Å². The first-order valence-corrected chi connectivity index (χ1v) is 9.83. The molecule has 6 nitrogen and oxygen atoms in total. The number of anilines is 3. The van der Waals surface area contributed by atoms with Gasteiger partial charge in [0.1, 0.15) is 0 Å². The van der Waals surface area contributed by atoms with E-state index in [-0.39, 0.29) is 12.4 Å². The van der Waals surface area contributed by atoms with E-state index >= 15 is 0 Å². The molecule has 0 amide bonds. The molecule has 2 heterocycles. The second-order valence-electron chi connectivity index (χ2n) is 6.26. The number of nitrogens with zero attached hydrogens (tertiary/aromatic N) is 1. The number of rotatable bonds is 9. The summed E-state index contributed by atoms with van der Waals surface area (Å²) in [6, 6.07) is 6.31. The van der Waals surface area contributed by atoms with E-state index in [1.54, 1.807) is 0 Å². The number of hydrogen-bond donors (Lipinski definition) is 3. The molecule has 0 fully saturated rings. The highest BCUT2D eigenvalue weighted by molar-refractivity contribution is 7.13. The lowest BCUT2D eigenvalue weighted by molar-refractivity contribution is 0.0991. The summed E-state index contributed by atoms with van der Waals surface area (Å²) in [5, 5.41) is 17.6. The van der Waals surface area contributed by atoms with Gasteiger partial charge in [-0.1, -0.05) is 12.6 Å². The number of hydrogen-bond acceptors (Lipinski definition) is 7. The van der Waals surface area contributed by atoms with Crippen molar-refractivity contribution in [1.29, 1.82) is 0 Å². The molecule has 0 aliphatic carbocycles. The number of fused-ring (bicyclic) bond motifs is 1. The summed E-state index contributed by atoms with van der Waals surface area (Å²) in [4.78, 5) is 15.1. The number of allylic oxidation sites excluding steroid dienone is 1. The fraction of sp³-hybridized carbons (Fsp3) is 0.350. The Morgan fingerprint density at radius 2 is 2.33 bits per heavy atom. The van der Waals surface area contributed by atoms with E-state index in [1.165, 1.54) is 17.4 Å². The van der Waals surface area contributed by atoms with E-state index in [4.69, 9.17) is 9.84 Å². The zero-order valence-electron chi connectivity index (χ0n) is 15.5. The van der Waals surface area contributed by atoms with Gasteiger partial charge in [-0.05, 0) is 23.8 Å². The second kappa shape index (κ2) is 9.03. The van der Waals surface area contributed by atoms with Crippen molar-refractivity contribution in [2.24, 2.45) is 0 Å². The lowest BCUT2D eigenvalue weighted by atomic mass is 10.0. The number of carbonyl (C=O) groups excluding carboxylic acids is 1. The maximum absolute atomic E-state index is 12.3. The van der Waals surface area contributed by atoms with Crippen LogP contribution < -0.4 is 15.5 Å². The molecule has 7 heteroatoms. The predicted molar refractivity (Wildman–Crippen MR) is 112 cm³/mol. The third-order valence-electron chi connectivity index (χ3n) is 4.47. The summed E-state index contributed by atoms with van der Waals surface area (Å²) in [7, 11) is 2.08. The van der Waals surface area contributed by atoms with Gasteiger partial charge in [0.2, 0.25) is 0 Å². The molecule has 3 N–H and O–H groups in total. The number of carbonyl (C=O) groups is 1. The van der Waals surface area contributed by atoms with Gasteiger partial charge < -0.3 is 25.4 Å². The molecule has 2 aromatic rings. The highest BCUT2D eigenvalue weighted by Crippen LogP contribution is 2.40. The molecule has 0 spiro atoms. The summed E-state index contributed by atoms with van der Waals surface area (Å²) in [6.07, 6.45) is 1.34. The third kappa shape index (κ3) is 4.32. The number of nitrogens with one attached hydrogen (secondary N) is 2. The SMILES string of the molecule is C=CC(=O)c1scc(-c2ccc3c(c2)N(C)CCN3)c1NCCOCCO. The van der Waals surface area contributed by atoms with E-state index in [1.807, 2.05) is 5.38 Å². The van der Waals surface area contributed by atoms with Crippen molar-refractivity contribution >= 4 is 34.2 Å². The highest BCUT2D eigenvalue weighted by Gasteiger charge is 2.19. The normalized spacial score (nSPS) is 13.0. The number of benzene rings is 1. The summed E-state index contributed by atoms with van der Waals surface area (Å²) >= 11 is 1.42. The average molecular weight is 388 g/mol. The molecule has 3 rings (SSSR count). The molecular weight excluding hydrogens is 362 g/mol. The standard InChI is InChI=1S/C20H25N3O3S/c1-3-18(25)20-19(22-7-10-26-11-9-24)15(13-27-20)14-4-5-16-17(12-14)23(2)8-6-21-16/h3-5,12-13,21-22,24H,1,6-11H2,2H3. The molecule has 0 saturated carbocycles. The Balaban J connectivity index is 1.90. The zero-order valence-corrected chi connectivity index (χ0v) is 16.3. The van der Waals surface area contributed by atoms with Crippen molar-refractivity contribution in [3.05, 3.63) is 41.1 Å². The molecule has 144 valence electrons. The maximum atomic E-state index is 12.3. The first-order chi connectivity index (χ1) is 13.2. The zero-order chi connectivity index (χ0) is 19.2. The summed E-state index contributed by atoms with van der Waals surface area (Å²) in [5.74, 6) is -0.0956. The Morgan fingerprint density at radius 3 is 3.11 bits per heavy atom. The molecule has 1 aromatic heterocycles. The first kappa shape index (κ1) is 19.4. The van der Waals surface area contributed by atoms with Crippen LogP contribution >= 0.6 is 11.3 Å². The summed E-state index contributed by atoms with van der Waals surface area (Å²) in [5.41, 5.74) is 5.14. The Bertz CT molecular complexity index is 819. The number of likely N-dealkylation sites (N-methyl/N-ethyl adjacent to an activating group) is 1. The molecule has 0 radical (unpaired) electrons. The van der Waals surface area contributed by atoms with Crippen LogP contribution in [0.2, 0.25) is 0 Å². The lowest BCUT2D eigenvalue weighted by Gasteiger charge is -2.29. The predicted octanol–water partition coefficient (Wildman–Crippen LogP) is 3.07. The molecule has 0 saturated heterocycles. The fourth-order valence-corrected chi connectivity index (χ4v) is 4.07. The average Bonchev–Trinajstić information content (AvgIpc) is 3.11. The Morgan fingerprint density at radius 1 is 1.48 bits per heavy atom. The number of ketones is 1. The minimum Gasteiger partial charge on any atom is -0.394 e. The fourth-order valence-electron chi connectivity index (χ4n) is 3.08. The van der Waals surface area contributed by atoms with Crippen molar-refractivity contribution in [3.63, 3.8) is 0 Å². The van der Waals surface area contributed by atoms with E-state index in [0.29, 0.717) is 24.6 Å². The van der Waals surface area contributed by atoms with Crippen molar-refractivity contribution in [1.82, 2.24) is 0 Å². The molecule has 27 heavy (non-hydrogen) atoms. The number of ether oxygens (including phenoxy) is 1. The van der Waals surface area contributed by atoms with Crippen LogP contribution in [0.15, 0.2) is 36.2 Å². The van der Waals surface area contributed by atoms with E-state index < -0.39 is 0 Å². The van der Waals surface area contributed by atoms with E-state index in [2.05, 4.69) is 47.4 Å². The summed E-state index contributed by atoms with van der Waals surface area (Å²) in [6.45, 7) is 6.80. The van der Waals surface area contributed by atoms with Crippen molar-refractivity contribution in [2.45, 2.75) is 0 Å². The third-order valence-corrected chi connectivity index (χ3v) is 5.46. The lowest BCUT2D eigenvalue weighted by Crippen LogP contribution is -2.30. The topological polar surface area (TPSA) is 73.8 Å². The van der Waals surface area contributed by atoms with Crippen LogP contribution in [0.5, 0.6) is 0 Å². The molecule has 1 aliphatic heterocycles. The van der Waals surface area contributed by atoms with Gasteiger partial charge in [0.05, 0.1) is 41.8 Å². The van der Waals surface area contributed by atoms with Gasteiger partial charge in [-0.3, -0.25) is 4.79 Å². The van der Waals surface area contributed by atoms with Crippen LogP contribution in [-0.4, -0.2) is 57.4 Å².